The van der Waals surface area contributed by atoms with E-state index < -0.39 is 0 Å². The second-order valence-corrected chi connectivity index (χ2v) is 6.10. The van der Waals surface area contributed by atoms with Gasteiger partial charge in [-0.15, -0.1) is 0 Å². The Morgan fingerprint density at radius 1 is 0.962 bits per heavy atom. The van der Waals surface area contributed by atoms with Crippen LogP contribution < -0.4 is 14.8 Å². The maximum absolute atomic E-state index is 13.2. The quantitative estimate of drug-likeness (QED) is 0.579. The van der Waals surface area contributed by atoms with E-state index in [0.29, 0.717) is 28.6 Å². The zero-order valence-corrected chi connectivity index (χ0v) is 15.1. The minimum Gasteiger partial charge on any atom is -0.493 e. The number of methoxy groups -OCH3 is 1. The summed E-state index contributed by atoms with van der Waals surface area (Å²) in [6, 6.07) is 19.9. The number of ether oxygens (including phenoxy) is 2. The maximum atomic E-state index is 13.2. The first kappa shape index (κ1) is 18.1. The van der Waals surface area contributed by atoms with Crippen molar-refractivity contribution in [1.82, 2.24) is 0 Å². The molecular formula is C21H19ClFNO2. The summed E-state index contributed by atoms with van der Waals surface area (Å²) in [5.74, 6) is 0.901. The Labute approximate surface area is 157 Å². The summed E-state index contributed by atoms with van der Waals surface area (Å²) in [7, 11) is 1.60. The van der Waals surface area contributed by atoms with Crippen LogP contribution in [-0.2, 0) is 13.2 Å². The maximum Gasteiger partial charge on any atom is 0.166 e. The first-order valence-electron chi connectivity index (χ1n) is 8.19. The molecule has 0 heterocycles. The Balaban J connectivity index is 1.78. The molecule has 0 spiro atoms. The van der Waals surface area contributed by atoms with Crippen LogP contribution in [0.25, 0.3) is 0 Å². The minimum atomic E-state index is -0.371. The topological polar surface area (TPSA) is 30.5 Å². The molecule has 0 saturated heterocycles. The molecule has 0 amide bonds. The highest BCUT2D eigenvalue weighted by Crippen LogP contribution is 2.33. The van der Waals surface area contributed by atoms with E-state index in [1.54, 1.807) is 13.2 Å². The van der Waals surface area contributed by atoms with Crippen LogP contribution in [0.5, 0.6) is 11.5 Å². The summed E-state index contributed by atoms with van der Waals surface area (Å²) in [6.45, 7) is 0.797. The fourth-order valence-corrected chi connectivity index (χ4v) is 2.79. The van der Waals surface area contributed by atoms with Gasteiger partial charge in [-0.2, -0.15) is 0 Å². The number of benzene rings is 3. The molecule has 3 nitrogen and oxygen atoms in total. The van der Waals surface area contributed by atoms with Gasteiger partial charge in [0.05, 0.1) is 12.1 Å². The largest absolute Gasteiger partial charge is 0.493 e. The molecule has 26 heavy (non-hydrogen) atoms. The monoisotopic (exact) mass is 371 g/mol. The summed E-state index contributed by atoms with van der Waals surface area (Å²) in [6.07, 6.45) is 0. The van der Waals surface area contributed by atoms with Crippen molar-refractivity contribution in [1.29, 1.82) is 0 Å². The number of rotatable bonds is 7. The van der Waals surface area contributed by atoms with Gasteiger partial charge in [-0.05, 0) is 30.3 Å². The first-order valence-corrected chi connectivity index (χ1v) is 8.56. The Morgan fingerprint density at radius 2 is 1.77 bits per heavy atom. The molecule has 134 valence electrons. The lowest BCUT2D eigenvalue weighted by molar-refractivity contribution is 0.281. The standard InChI is InChI=1S/C21H19ClFNO2/c1-25-20-9-5-6-15(13-24-18-7-3-2-4-8-18)21(20)26-14-16-10-11-17(23)12-19(16)22/h2-12,24H,13-14H2,1H3. The molecule has 0 aliphatic heterocycles. The van der Waals surface area contributed by atoms with Crippen LogP contribution in [0.2, 0.25) is 5.02 Å². The third kappa shape index (κ3) is 4.46. The third-order valence-electron chi connectivity index (χ3n) is 3.92. The Morgan fingerprint density at radius 3 is 2.50 bits per heavy atom. The van der Waals surface area contributed by atoms with Crippen molar-refractivity contribution in [3.05, 3.63) is 88.7 Å². The molecule has 3 aromatic rings. The molecule has 0 radical (unpaired) electrons. The van der Waals surface area contributed by atoms with E-state index in [0.717, 1.165) is 11.3 Å². The van der Waals surface area contributed by atoms with Crippen LogP contribution in [0.1, 0.15) is 11.1 Å². The molecule has 0 aliphatic carbocycles. The summed E-state index contributed by atoms with van der Waals surface area (Å²) in [5.41, 5.74) is 2.68. The average Bonchev–Trinajstić information content (AvgIpc) is 2.66. The third-order valence-corrected chi connectivity index (χ3v) is 4.28. The SMILES string of the molecule is COc1cccc(CNc2ccccc2)c1OCc1ccc(F)cc1Cl. The normalized spacial score (nSPS) is 10.4. The molecule has 3 rings (SSSR count). The lowest BCUT2D eigenvalue weighted by Gasteiger charge is -2.16. The van der Waals surface area contributed by atoms with Crippen LogP contribution in [0.3, 0.4) is 0 Å². The van der Waals surface area contributed by atoms with Gasteiger partial charge in [-0.1, -0.05) is 48.0 Å². The van der Waals surface area contributed by atoms with Crippen LogP contribution in [0.15, 0.2) is 66.7 Å². The zero-order valence-electron chi connectivity index (χ0n) is 14.3. The highest BCUT2D eigenvalue weighted by Gasteiger charge is 2.12. The Kier molecular flexibility index (Phi) is 5.97. The highest BCUT2D eigenvalue weighted by molar-refractivity contribution is 6.31. The number of anilines is 1. The molecule has 0 aromatic heterocycles. The number of halogens is 2. The summed E-state index contributed by atoms with van der Waals surface area (Å²) in [4.78, 5) is 0. The zero-order chi connectivity index (χ0) is 18.4. The van der Waals surface area contributed by atoms with Gasteiger partial charge >= 0.3 is 0 Å². The smallest absolute Gasteiger partial charge is 0.166 e. The van der Waals surface area contributed by atoms with Crippen molar-refractivity contribution in [3.8, 4) is 11.5 Å². The number of hydrogen-bond acceptors (Lipinski definition) is 3. The number of nitrogens with one attached hydrogen (secondary N) is 1. The Hall–Kier alpha value is -2.72. The van der Waals surface area contributed by atoms with E-state index in [2.05, 4.69) is 5.32 Å². The van der Waals surface area contributed by atoms with Crippen molar-refractivity contribution >= 4 is 17.3 Å². The van der Waals surface area contributed by atoms with Crippen molar-refractivity contribution in [2.24, 2.45) is 0 Å². The minimum absolute atomic E-state index is 0.220. The summed E-state index contributed by atoms with van der Waals surface area (Å²) >= 11 is 6.09. The molecule has 0 aliphatic rings. The van der Waals surface area contributed by atoms with Gasteiger partial charge < -0.3 is 14.8 Å². The lowest BCUT2D eigenvalue weighted by Crippen LogP contribution is -2.05. The predicted molar refractivity (Wildman–Crippen MR) is 103 cm³/mol. The van der Waals surface area contributed by atoms with Crippen LogP contribution in [-0.4, -0.2) is 7.11 Å². The van der Waals surface area contributed by atoms with E-state index in [1.165, 1.54) is 12.1 Å². The molecule has 3 aromatic carbocycles. The van der Waals surface area contributed by atoms with Gasteiger partial charge in [0.2, 0.25) is 0 Å². The molecule has 0 unspecified atom stereocenters. The average molecular weight is 372 g/mol. The van der Waals surface area contributed by atoms with Gasteiger partial charge in [0, 0.05) is 23.4 Å². The molecule has 0 fully saturated rings. The summed E-state index contributed by atoms with van der Waals surface area (Å²) in [5, 5.41) is 3.70. The van der Waals surface area contributed by atoms with Gasteiger partial charge in [0.1, 0.15) is 12.4 Å². The molecular weight excluding hydrogens is 353 g/mol. The van der Waals surface area contributed by atoms with E-state index in [1.807, 2.05) is 48.5 Å². The van der Waals surface area contributed by atoms with Gasteiger partial charge in [0.15, 0.2) is 11.5 Å². The molecule has 0 atom stereocenters. The van der Waals surface area contributed by atoms with Crippen molar-refractivity contribution < 1.29 is 13.9 Å². The highest BCUT2D eigenvalue weighted by atomic mass is 35.5. The second kappa shape index (κ2) is 8.59. The van der Waals surface area contributed by atoms with Gasteiger partial charge in [-0.3, -0.25) is 0 Å². The first-order chi connectivity index (χ1) is 12.7. The fourth-order valence-electron chi connectivity index (χ4n) is 2.57. The van der Waals surface area contributed by atoms with E-state index in [-0.39, 0.29) is 12.4 Å². The van der Waals surface area contributed by atoms with Crippen molar-refractivity contribution in [2.75, 3.05) is 12.4 Å². The number of para-hydroxylation sites is 2. The van der Waals surface area contributed by atoms with Crippen molar-refractivity contribution in [2.45, 2.75) is 13.2 Å². The number of hydrogen-bond donors (Lipinski definition) is 1. The van der Waals surface area contributed by atoms with Gasteiger partial charge in [0.25, 0.3) is 0 Å². The summed E-state index contributed by atoms with van der Waals surface area (Å²) < 4.78 is 24.6. The lowest BCUT2D eigenvalue weighted by atomic mass is 10.1. The molecule has 0 bridgehead atoms. The molecule has 0 saturated carbocycles. The fraction of sp³-hybridized carbons (Fsp3) is 0.143. The van der Waals surface area contributed by atoms with Gasteiger partial charge in [-0.25, -0.2) is 4.39 Å². The predicted octanol–water partition coefficient (Wildman–Crippen LogP) is 5.68. The second-order valence-electron chi connectivity index (χ2n) is 5.69. The van der Waals surface area contributed by atoms with E-state index in [4.69, 9.17) is 21.1 Å². The van der Waals surface area contributed by atoms with Crippen LogP contribution in [0, 0.1) is 5.82 Å². The Bertz CT molecular complexity index is 871. The molecule has 1 N–H and O–H groups in total. The van der Waals surface area contributed by atoms with E-state index in [9.17, 15) is 4.39 Å². The van der Waals surface area contributed by atoms with E-state index >= 15 is 0 Å². The molecule has 5 heteroatoms. The van der Waals surface area contributed by atoms with Crippen LogP contribution >= 0.6 is 11.6 Å². The van der Waals surface area contributed by atoms with Crippen molar-refractivity contribution in [3.63, 3.8) is 0 Å². The van der Waals surface area contributed by atoms with Crippen LogP contribution in [0.4, 0.5) is 10.1 Å².